The van der Waals surface area contributed by atoms with Crippen molar-refractivity contribution in [3.63, 3.8) is 0 Å². The molecule has 1 heteroatoms. The van der Waals surface area contributed by atoms with Crippen molar-refractivity contribution in [2.24, 2.45) is 0 Å². The number of pyridine rings is 1. The molecule has 0 fully saturated rings. The lowest BCUT2D eigenvalue weighted by Crippen LogP contribution is -1.95. The number of allylic oxidation sites excluding steroid dienone is 5. The van der Waals surface area contributed by atoms with E-state index in [0.29, 0.717) is 0 Å². The third-order valence-electron chi connectivity index (χ3n) is 2.43. The molecule has 0 unspecified atom stereocenters. The van der Waals surface area contributed by atoms with Gasteiger partial charge in [-0.3, -0.25) is 4.98 Å². The zero-order valence-corrected chi connectivity index (χ0v) is 14.5. The second-order valence-corrected chi connectivity index (χ2v) is 4.13. The fourth-order valence-electron chi connectivity index (χ4n) is 1.55. The van der Waals surface area contributed by atoms with Gasteiger partial charge in [-0.05, 0) is 44.9 Å². The Bertz CT molecular complexity index is 447. The van der Waals surface area contributed by atoms with E-state index in [9.17, 15) is 0 Å². The monoisotopic (exact) mass is 273 g/mol. The Balaban J connectivity index is 0. The molecule has 0 amide bonds. The van der Waals surface area contributed by atoms with E-state index in [4.69, 9.17) is 0 Å². The van der Waals surface area contributed by atoms with Crippen molar-refractivity contribution in [2.75, 3.05) is 0 Å². The number of nitrogens with zero attached hydrogens (tertiary/aromatic N) is 1. The second-order valence-electron chi connectivity index (χ2n) is 4.13. The summed E-state index contributed by atoms with van der Waals surface area (Å²) in [6.45, 7) is 20.0. The van der Waals surface area contributed by atoms with Crippen LogP contribution in [0.2, 0.25) is 0 Å². The van der Waals surface area contributed by atoms with Crippen LogP contribution < -0.4 is 0 Å². The van der Waals surface area contributed by atoms with Crippen molar-refractivity contribution >= 4 is 5.57 Å². The molecule has 0 saturated carbocycles. The molecular formula is C19H31N. The summed E-state index contributed by atoms with van der Waals surface area (Å²) in [5, 5.41) is 0. The van der Waals surface area contributed by atoms with E-state index in [1.54, 1.807) is 6.08 Å². The number of hydrogen-bond donors (Lipinski definition) is 0. The van der Waals surface area contributed by atoms with E-state index in [0.717, 1.165) is 11.4 Å². The van der Waals surface area contributed by atoms with Gasteiger partial charge in [0.2, 0.25) is 0 Å². The van der Waals surface area contributed by atoms with Gasteiger partial charge in [-0.1, -0.05) is 64.1 Å². The van der Waals surface area contributed by atoms with Crippen LogP contribution >= 0.6 is 0 Å². The Morgan fingerprint density at radius 1 is 1.05 bits per heavy atom. The van der Waals surface area contributed by atoms with Gasteiger partial charge in [-0.25, -0.2) is 0 Å². The van der Waals surface area contributed by atoms with E-state index in [-0.39, 0.29) is 0 Å². The second kappa shape index (κ2) is 12.4. The molecule has 1 nitrogen and oxygen atoms in total. The standard InChI is InChI=1S/C15H19N.2C2H6/c1-6-7-8-14(11(2)3)15-12(4)9-10-13(5)16-15;2*1-2/h6-10H,1H2,2-5H3;2*1-2H3/b8-7-;;. The van der Waals surface area contributed by atoms with Gasteiger partial charge in [0.25, 0.3) is 0 Å². The Kier molecular flexibility index (Phi) is 12.8. The molecule has 1 heterocycles. The highest BCUT2D eigenvalue weighted by Crippen LogP contribution is 2.22. The first-order valence-corrected chi connectivity index (χ1v) is 7.47. The van der Waals surface area contributed by atoms with Gasteiger partial charge in [-0.2, -0.15) is 0 Å². The van der Waals surface area contributed by atoms with E-state index in [1.165, 1.54) is 16.7 Å². The van der Waals surface area contributed by atoms with Crippen LogP contribution in [0.4, 0.5) is 0 Å². The molecule has 1 aromatic rings. The van der Waals surface area contributed by atoms with Crippen molar-refractivity contribution < 1.29 is 0 Å². The molecule has 1 aromatic heterocycles. The van der Waals surface area contributed by atoms with Crippen molar-refractivity contribution in [3.8, 4) is 0 Å². The minimum Gasteiger partial charge on any atom is -0.253 e. The number of rotatable bonds is 3. The summed E-state index contributed by atoms with van der Waals surface area (Å²) in [6.07, 6.45) is 5.80. The Morgan fingerprint density at radius 2 is 1.60 bits per heavy atom. The smallest absolute Gasteiger partial charge is 0.0733 e. The maximum Gasteiger partial charge on any atom is 0.0733 e. The van der Waals surface area contributed by atoms with Crippen molar-refractivity contribution in [1.82, 2.24) is 4.98 Å². The Labute approximate surface area is 126 Å². The van der Waals surface area contributed by atoms with Crippen LogP contribution in [0.1, 0.15) is 58.5 Å². The fourth-order valence-corrected chi connectivity index (χ4v) is 1.55. The molecule has 112 valence electrons. The topological polar surface area (TPSA) is 12.9 Å². The molecule has 0 aliphatic carbocycles. The van der Waals surface area contributed by atoms with E-state index >= 15 is 0 Å². The lowest BCUT2D eigenvalue weighted by atomic mass is 10.0. The minimum atomic E-state index is 1.05. The van der Waals surface area contributed by atoms with Gasteiger partial charge < -0.3 is 0 Å². The highest BCUT2D eigenvalue weighted by molar-refractivity contribution is 5.76. The van der Waals surface area contributed by atoms with Crippen LogP contribution in [0.5, 0.6) is 0 Å². The molecule has 1 rings (SSSR count). The number of aromatic nitrogens is 1. The molecule has 20 heavy (non-hydrogen) atoms. The van der Waals surface area contributed by atoms with Crippen LogP contribution in [-0.4, -0.2) is 4.98 Å². The van der Waals surface area contributed by atoms with Gasteiger partial charge in [0.15, 0.2) is 0 Å². The average molecular weight is 273 g/mol. The Hall–Kier alpha value is -1.63. The molecule has 0 N–H and O–H groups in total. The molecule has 0 bridgehead atoms. The van der Waals surface area contributed by atoms with Crippen LogP contribution in [0.15, 0.2) is 42.5 Å². The number of hydrogen-bond acceptors (Lipinski definition) is 1. The zero-order valence-electron chi connectivity index (χ0n) is 14.5. The van der Waals surface area contributed by atoms with Crippen molar-refractivity contribution in [1.29, 1.82) is 0 Å². The predicted octanol–water partition coefficient (Wildman–Crippen LogP) is 6.29. The molecule has 0 aromatic carbocycles. The summed E-state index contributed by atoms with van der Waals surface area (Å²) in [5.41, 5.74) is 5.76. The lowest BCUT2D eigenvalue weighted by Gasteiger charge is -2.09. The largest absolute Gasteiger partial charge is 0.253 e. The van der Waals surface area contributed by atoms with E-state index in [1.807, 2.05) is 46.8 Å². The summed E-state index contributed by atoms with van der Waals surface area (Å²) < 4.78 is 0. The average Bonchev–Trinajstić information content (AvgIpc) is 2.47. The SMILES string of the molecule is C=C/C=C\C(=C(C)C)c1nc(C)ccc1C.CC.CC. The van der Waals surface area contributed by atoms with Gasteiger partial charge in [-0.15, -0.1) is 0 Å². The fraction of sp³-hybridized carbons (Fsp3) is 0.421. The first-order valence-electron chi connectivity index (χ1n) is 7.47. The van der Waals surface area contributed by atoms with Crippen LogP contribution in [0.25, 0.3) is 5.57 Å². The van der Waals surface area contributed by atoms with Crippen LogP contribution in [0, 0.1) is 13.8 Å². The first-order chi connectivity index (χ1) is 9.56. The summed E-state index contributed by atoms with van der Waals surface area (Å²) >= 11 is 0. The maximum absolute atomic E-state index is 4.60. The predicted molar refractivity (Wildman–Crippen MR) is 94.0 cm³/mol. The van der Waals surface area contributed by atoms with Crippen LogP contribution in [0.3, 0.4) is 0 Å². The molecule has 0 aliphatic heterocycles. The highest BCUT2D eigenvalue weighted by Gasteiger charge is 2.05. The van der Waals surface area contributed by atoms with Gasteiger partial charge in [0, 0.05) is 5.69 Å². The summed E-state index contributed by atoms with van der Waals surface area (Å²) in [4.78, 5) is 4.60. The summed E-state index contributed by atoms with van der Waals surface area (Å²) in [5.74, 6) is 0. The number of aryl methyl sites for hydroxylation is 2. The highest BCUT2D eigenvalue weighted by atomic mass is 14.7. The molecule has 0 spiro atoms. The molecule has 0 aliphatic rings. The zero-order chi connectivity index (χ0) is 16.1. The molecule has 0 saturated heterocycles. The summed E-state index contributed by atoms with van der Waals surface area (Å²) in [7, 11) is 0. The quantitative estimate of drug-likeness (QED) is 0.590. The molecular weight excluding hydrogens is 242 g/mol. The van der Waals surface area contributed by atoms with Crippen molar-refractivity contribution in [2.45, 2.75) is 55.4 Å². The van der Waals surface area contributed by atoms with Gasteiger partial charge >= 0.3 is 0 Å². The van der Waals surface area contributed by atoms with E-state index < -0.39 is 0 Å². The molecule has 0 radical (unpaired) electrons. The van der Waals surface area contributed by atoms with E-state index in [2.05, 4.69) is 44.5 Å². The normalized spacial score (nSPS) is 9.00. The van der Waals surface area contributed by atoms with Crippen LogP contribution in [-0.2, 0) is 0 Å². The van der Waals surface area contributed by atoms with Gasteiger partial charge in [0.1, 0.15) is 0 Å². The van der Waals surface area contributed by atoms with Gasteiger partial charge in [0.05, 0.1) is 5.69 Å². The lowest BCUT2D eigenvalue weighted by molar-refractivity contribution is 1.13. The first kappa shape index (κ1) is 20.7. The van der Waals surface area contributed by atoms with Crippen molar-refractivity contribution in [3.05, 3.63) is 59.5 Å². The summed E-state index contributed by atoms with van der Waals surface area (Å²) in [6, 6.07) is 4.15. The Morgan fingerprint density at radius 3 is 2.05 bits per heavy atom. The maximum atomic E-state index is 4.60. The minimum absolute atomic E-state index is 1.05. The third-order valence-corrected chi connectivity index (χ3v) is 2.43. The molecule has 0 atom stereocenters. The third kappa shape index (κ3) is 7.08.